The van der Waals surface area contributed by atoms with Crippen LogP contribution in [0, 0.1) is 12.8 Å². The lowest BCUT2D eigenvalue weighted by molar-refractivity contribution is 0.596. The summed E-state index contributed by atoms with van der Waals surface area (Å²) >= 11 is 3.63. The maximum absolute atomic E-state index is 5.23. The van der Waals surface area contributed by atoms with E-state index in [-0.39, 0.29) is 5.41 Å². The van der Waals surface area contributed by atoms with Crippen LogP contribution in [0.5, 0.6) is 0 Å². The van der Waals surface area contributed by atoms with Crippen molar-refractivity contribution < 1.29 is 0 Å². The summed E-state index contributed by atoms with van der Waals surface area (Å²) in [6.07, 6.45) is 1.11. The molecule has 0 saturated heterocycles. The molecule has 0 aliphatic heterocycles. The number of pyridine rings is 1. The number of rotatable bonds is 4. The second-order valence-corrected chi connectivity index (χ2v) is 13.5. The molecule has 0 aliphatic rings. The van der Waals surface area contributed by atoms with Crippen molar-refractivity contribution in [3.63, 3.8) is 0 Å². The Bertz CT molecular complexity index is 1780. The molecule has 0 atom stereocenters. The number of aryl methyl sites for hydroxylation is 1. The first-order valence-electron chi connectivity index (χ1n) is 13.1. The first kappa shape index (κ1) is 24.3. The normalized spacial score (nSPS) is 12.4. The molecule has 3 heterocycles. The van der Waals surface area contributed by atoms with Crippen molar-refractivity contribution in [2.75, 3.05) is 0 Å². The summed E-state index contributed by atoms with van der Waals surface area (Å²) in [7, 11) is 0. The predicted octanol–water partition coefficient (Wildman–Crippen LogP) is 10.8. The summed E-state index contributed by atoms with van der Waals surface area (Å²) in [6.45, 7) is 13.7. The summed E-state index contributed by atoms with van der Waals surface area (Å²) in [5, 5.41) is 9.75. The fourth-order valence-corrected chi connectivity index (χ4v) is 7.48. The van der Waals surface area contributed by atoms with Gasteiger partial charge in [-0.25, -0.2) is 4.98 Å². The van der Waals surface area contributed by atoms with E-state index in [1.165, 1.54) is 59.6 Å². The van der Waals surface area contributed by atoms with Crippen LogP contribution in [0.2, 0.25) is 0 Å². The van der Waals surface area contributed by atoms with Gasteiger partial charge in [-0.2, -0.15) is 0 Å². The Hall–Kier alpha value is -3.01. The molecule has 0 spiro atoms. The molecule has 1 nitrogen and oxygen atoms in total. The molecule has 0 bridgehead atoms. The Morgan fingerprint density at radius 3 is 2.46 bits per heavy atom. The fourth-order valence-electron chi connectivity index (χ4n) is 5.59. The molecule has 37 heavy (non-hydrogen) atoms. The molecule has 3 aromatic heterocycles. The number of fused-ring (bicyclic) bond motifs is 3. The maximum atomic E-state index is 5.23. The third-order valence-electron chi connectivity index (χ3n) is 7.31. The van der Waals surface area contributed by atoms with Gasteiger partial charge in [0.15, 0.2) is 0 Å². The lowest BCUT2D eigenvalue weighted by atomic mass is 9.82. The van der Waals surface area contributed by atoms with Gasteiger partial charge in [-0.15, -0.1) is 22.7 Å². The van der Waals surface area contributed by atoms with Crippen molar-refractivity contribution in [2.24, 2.45) is 5.92 Å². The van der Waals surface area contributed by atoms with Gasteiger partial charge >= 0.3 is 0 Å². The van der Waals surface area contributed by atoms with Gasteiger partial charge in [-0.05, 0) is 98.3 Å². The van der Waals surface area contributed by atoms with Gasteiger partial charge in [-0.1, -0.05) is 71.0 Å². The van der Waals surface area contributed by atoms with E-state index < -0.39 is 0 Å². The molecule has 6 rings (SSSR count). The van der Waals surface area contributed by atoms with E-state index in [2.05, 4.69) is 113 Å². The van der Waals surface area contributed by atoms with E-state index >= 15 is 0 Å². The van der Waals surface area contributed by atoms with E-state index in [1.807, 2.05) is 11.3 Å². The fraction of sp³-hybridized carbons (Fsp3) is 0.265. The summed E-state index contributed by atoms with van der Waals surface area (Å²) in [5.74, 6) is 0.638. The van der Waals surface area contributed by atoms with Crippen LogP contribution in [-0.4, -0.2) is 4.98 Å². The molecular weight excluding hydrogens is 487 g/mol. The van der Waals surface area contributed by atoms with Crippen LogP contribution in [0.25, 0.3) is 53.5 Å². The molecule has 0 radical (unpaired) electrons. The zero-order valence-corrected chi connectivity index (χ0v) is 24.1. The predicted molar refractivity (Wildman–Crippen MR) is 165 cm³/mol. The molecular formula is C34H33NS2. The highest BCUT2D eigenvalue weighted by Crippen LogP contribution is 2.43. The van der Waals surface area contributed by atoms with Gasteiger partial charge < -0.3 is 0 Å². The van der Waals surface area contributed by atoms with E-state index in [4.69, 9.17) is 4.98 Å². The van der Waals surface area contributed by atoms with Crippen molar-refractivity contribution in [3.05, 3.63) is 88.1 Å². The SMILES string of the molecule is Cc1csc2nc(-c3cc(C(C)(C)C)c4ccccc4c3)cc(-c3ccc(CC(C)C)c4sccc34)c12. The van der Waals surface area contributed by atoms with Gasteiger partial charge in [0.1, 0.15) is 4.83 Å². The van der Waals surface area contributed by atoms with Crippen molar-refractivity contribution >= 4 is 53.7 Å². The number of hydrogen-bond acceptors (Lipinski definition) is 3. The van der Waals surface area contributed by atoms with Crippen LogP contribution >= 0.6 is 22.7 Å². The molecule has 0 saturated carbocycles. The minimum absolute atomic E-state index is 0.0388. The van der Waals surface area contributed by atoms with Crippen LogP contribution in [0.1, 0.15) is 51.3 Å². The monoisotopic (exact) mass is 519 g/mol. The first-order chi connectivity index (χ1) is 17.7. The number of benzene rings is 3. The third-order valence-corrected chi connectivity index (χ3v) is 9.29. The quantitative estimate of drug-likeness (QED) is 0.226. The minimum Gasteiger partial charge on any atom is -0.237 e. The van der Waals surface area contributed by atoms with Crippen LogP contribution < -0.4 is 0 Å². The molecule has 186 valence electrons. The van der Waals surface area contributed by atoms with Crippen LogP contribution in [0.3, 0.4) is 0 Å². The standard InChI is InChI=1S/C34H33NS2/c1-20(2)15-23-11-12-26(27-13-14-36-32(23)27)28-18-30(35-33-31(28)21(3)19-37-33)24-16-22-9-7-8-10-25(22)29(17-24)34(4,5)6/h7-14,16-20H,15H2,1-6H3. The second-order valence-electron chi connectivity index (χ2n) is 11.7. The topological polar surface area (TPSA) is 12.9 Å². The van der Waals surface area contributed by atoms with Gasteiger partial charge in [0.05, 0.1) is 5.69 Å². The molecule has 0 N–H and O–H groups in total. The largest absolute Gasteiger partial charge is 0.237 e. The van der Waals surface area contributed by atoms with E-state index in [0.717, 1.165) is 16.9 Å². The van der Waals surface area contributed by atoms with Gasteiger partial charge in [0.25, 0.3) is 0 Å². The van der Waals surface area contributed by atoms with Gasteiger partial charge in [0, 0.05) is 21.0 Å². The Morgan fingerprint density at radius 2 is 1.68 bits per heavy atom. The van der Waals surface area contributed by atoms with Crippen LogP contribution in [-0.2, 0) is 11.8 Å². The molecule has 6 aromatic rings. The van der Waals surface area contributed by atoms with Crippen LogP contribution in [0.15, 0.2) is 71.4 Å². The highest BCUT2D eigenvalue weighted by atomic mass is 32.1. The lowest BCUT2D eigenvalue weighted by Gasteiger charge is -2.23. The first-order valence-corrected chi connectivity index (χ1v) is 14.9. The highest BCUT2D eigenvalue weighted by Gasteiger charge is 2.21. The lowest BCUT2D eigenvalue weighted by Crippen LogP contribution is -2.12. The minimum atomic E-state index is 0.0388. The van der Waals surface area contributed by atoms with Crippen molar-refractivity contribution in [2.45, 2.75) is 53.4 Å². The molecule has 0 fully saturated rings. The average molecular weight is 520 g/mol. The summed E-state index contributed by atoms with van der Waals surface area (Å²) in [5.41, 5.74) is 9.02. The van der Waals surface area contributed by atoms with E-state index in [9.17, 15) is 0 Å². The molecule has 0 amide bonds. The Labute approximate surface area is 227 Å². The number of hydrogen-bond donors (Lipinski definition) is 0. The summed E-state index contributed by atoms with van der Waals surface area (Å²) in [4.78, 5) is 6.34. The number of thiophene rings is 2. The highest BCUT2D eigenvalue weighted by molar-refractivity contribution is 7.17. The van der Waals surface area contributed by atoms with Gasteiger partial charge in [0.2, 0.25) is 0 Å². The Kier molecular flexibility index (Phi) is 5.97. The Balaban J connectivity index is 1.62. The van der Waals surface area contributed by atoms with E-state index in [1.54, 1.807) is 11.3 Å². The second kappa shape index (κ2) is 9.08. The van der Waals surface area contributed by atoms with Crippen LogP contribution in [0.4, 0.5) is 0 Å². The molecule has 3 aromatic carbocycles. The van der Waals surface area contributed by atoms with Crippen molar-refractivity contribution in [3.8, 4) is 22.4 Å². The summed E-state index contributed by atoms with van der Waals surface area (Å²) in [6, 6.07) is 22.8. The molecule has 3 heteroatoms. The number of nitrogens with zero attached hydrogens (tertiary/aromatic N) is 1. The maximum Gasteiger partial charge on any atom is 0.124 e. The smallest absolute Gasteiger partial charge is 0.124 e. The van der Waals surface area contributed by atoms with Crippen molar-refractivity contribution in [1.82, 2.24) is 4.98 Å². The molecule has 0 unspecified atom stereocenters. The zero-order chi connectivity index (χ0) is 25.9. The Morgan fingerprint density at radius 1 is 0.865 bits per heavy atom. The van der Waals surface area contributed by atoms with Gasteiger partial charge in [-0.3, -0.25) is 0 Å². The summed E-state index contributed by atoms with van der Waals surface area (Å²) < 4.78 is 1.42. The third kappa shape index (κ3) is 4.28. The van der Waals surface area contributed by atoms with Crippen molar-refractivity contribution in [1.29, 1.82) is 0 Å². The molecule has 0 aliphatic carbocycles. The number of aromatic nitrogens is 1. The zero-order valence-electron chi connectivity index (χ0n) is 22.5. The van der Waals surface area contributed by atoms with E-state index in [0.29, 0.717) is 5.92 Å². The average Bonchev–Trinajstić information content (AvgIpc) is 3.50.